The lowest BCUT2D eigenvalue weighted by Gasteiger charge is -2.11. The molecule has 5 nitrogen and oxygen atoms in total. The number of carboxylic acid groups (broad SMARTS) is 1. The lowest BCUT2D eigenvalue weighted by molar-refractivity contribution is -0.137. The maximum Gasteiger partial charge on any atom is 0.416 e. The number of halogens is 4. The van der Waals surface area contributed by atoms with Gasteiger partial charge in [-0.25, -0.2) is 12.8 Å². The molecular formula is C9H7F4NO4S. The summed E-state index contributed by atoms with van der Waals surface area (Å²) >= 11 is 0. The van der Waals surface area contributed by atoms with Gasteiger partial charge in [0.2, 0.25) is 10.0 Å². The van der Waals surface area contributed by atoms with Gasteiger partial charge in [0, 0.05) is 0 Å². The predicted octanol–water partition coefficient (Wildman–Crippen LogP) is 1.67. The third kappa shape index (κ3) is 4.39. The number of carboxylic acids is 1. The number of aliphatic carboxylic acids is 1. The van der Waals surface area contributed by atoms with Crippen LogP contribution in [-0.2, 0) is 21.0 Å². The van der Waals surface area contributed by atoms with Gasteiger partial charge in [0.1, 0.15) is 5.82 Å². The van der Waals surface area contributed by atoms with Crippen LogP contribution in [0.2, 0.25) is 0 Å². The molecule has 0 fully saturated rings. The summed E-state index contributed by atoms with van der Waals surface area (Å²) in [6, 6.07) is 1.11. The number of anilines is 1. The van der Waals surface area contributed by atoms with Crippen LogP contribution in [0.5, 0.6) is 0 Å². The highest BCUT2D eigenvalue weighted by atomic mass is 32.2. The Balaban J connectivity index is 3.11. The summed E-state index contributed by atoms with van der Waals surface area (Å²) in [6.45, 7) is 0. The standard InChI is InChI=1S/C9H7F4NO4S/c10-6-2-1-5(9(11,12)13)3-7(6)14-19(17,18)4-8(15)16/h1-3,14H,4H2,(H,15,16). The van der Waals surface area contributed by atoms with Gasteiger partial charge in [-0.3, -0.25) is 9.52 Å². The number of benzene rings is 1. The molecule has 0 aliphatic rings. The van der Waals surface area contributed by atoms with Crippen LogP contribution in [0, 0.1) is 5.82 Å². The van der Waals surface area contributed by atoms with Gasteiger partial charge in [0.15, 0.2) is 5.75 Å². The van der Waals surface area contributed by atoms with E-state index in [9.17, 15) is 30.8 Å². The second kappa shape index (κ2) is 5.03. The van der Waals surface area contributed by atoms with Gasteiger partial charge >= 0.3 is 12.1 Å². The van der Waals surface area contributed by atoms with Crippen LogP contribution in [0.25, 0.3) is 0 Å². The molecule has 1 rings (SSSR count). The molecule has 0 heterocycles. The Morgan fingerprint density at radius 1 is 1.32 bits per heavy atom. The van der Waals surface area contributed by atoms with Crippen molar-refractivity contribution in [2.24, 2.45) is 0 Å². The minimum Gasteiger partial charge on any atom is -0.480 e. The van der Waals surface area contributed by atoms with Crippen molar-refractivity contribution in [2.45, 2.75) is 6.18 Å². The van der Waals surface area contributed by atoms with Gasteiger partial charge in [-0.2, -0.15) is 13.2 Å². The molecule has 0 saturated heterocycles. The molecule has 0 bridgehead atoms. The molecule has 0 aliphatic carbocycles. The number of sulfonamides is 1. The molecule has 0 atom stereocenters. The third-order valence-corrected chi connectivity index (χ3v) is 3.03. The zero-order valence-electron chi connectivity index (χ0n) is 9.03. The zero-order chi connectivity index (χ0) is 14.8. The lowest BCUT2D eigenvalue weighted by atomic mass is 10.2. The van der Waals surface area contributed by atoms with E-state index in [-0.39, 0.29) is 6.07 Å². The molecule has 0 aromatic heterocycles. The highest BCUT2D eigenvalue weighted by Crippen LogP contribution is 2.32. The molecule has 0 saturated carbocycles. The molecule has 0 radical (unpaired) electrons. The predicted molar refractivity (Wildman–Crippen MR) is 56.4 cm³/mol. The molecule has 0 aliphatic heterocycles. The average molecular weight is 301 g/mol. The first-order valence-corrected chi connectivity index (χ1v) is 6.25. The van der Waals surface area contributed by atoms with Crippen molar-refractivity contribution in [3.8, 4) is 0 Å². The van der Waals surface area contributed by atoms with Gasteiger partial charge in [0.25, 0.3) is 0 Å². The van der Waals surface area contributed by atoms with E-state index < -0.39 is 45.0 Å². The monoisotopic (exact) mass is 301 g/mol. The first kappa shape index (κ1) is 15.2. The Kier molecular flexibility index (Phi) is 4.03. The van der Waals surface area contributed by atoms with Crippen LogP contribution in [0.4, 0.5) is 23.2 Å². The maximum absolute atomic E-state index is 13.2. The van der Waals surface area contributed by atoms with Crippen LogP contribution < -0.4 is 4.72 Å². The SMILES string of the molecule is O=C(O)CS(=O)(=O)Nc1cc(C(F)(F)F)ccc1F. The van der Waals surface area contributed by atoms with Gasteiger partial charge in [-0.15, -0.1) is 0 Å². The first-order valence-electron chi connectivity index (χ1n) is 4.60. The van der Waals surface area contributed by atoms with Crippen LogP contribution in [0.15, 0.2) is 18.2 Å². The van der Waals surface area contributed by atoms with Crippen LogP contribution in [0.1, 0.15) is 5.56 Å². The summed E-state index contributed by atoms with van der Waals surface area (Å²) in [4.78, 5) is 10.2. The summed E-state index contributed by atoms with van der Waals surface area (Å²) in [7, 11) is -4.48. The number of alkyl halides is 3. The molecular weight excluding hydrogens is 294 g/mol. The van der Waals surface area contributed by atoms with Crippen LogP contribution >= 0.6 is 0 Å². The van der Waals surface area contributed by atoms with E-state index in [2.05, 4.69) is 0 Å². The molecule has 19 heavy (non-hydrogen) atoms. The molecule has 106 valence electrons. The van der Waals surface area contributed by atoms with Crippen molar-refractivity contribution in [3.63, 3.8) is 0 Å². The van der Waals surface area contributed by atoms with E-state index >= 15 is 0 Å². The fourth-order valence-electron chi connectivity index (χ4n) is 1.15. The minimum atomic E-state index is -4.78. The van der Waals surface area contributed by atoms with E-state index in [1.807, 2.05) is 0 Å². The normalized spacial score (nSPS) is 12.2. The van der Waals surface area contributed by atoms with E-state index in [1.54, 1.807) is 0 Å². The fourth-order valence-corrected chi connectivity index (χ4v) is 2.03. The van der Waals surface area contributed by atoms with Gasteiger partial charge in [0.05, 0.1) is 11.3 Å². The molecule has 10 heteroatoms. The van der Waals surface area contributed by atoms with Gasteiger partial charge in [-0.1, -0.05) is 0 Å². The maximum atomic E-state index is 13.2. The highest BCUT2D eigenvalue weighted by molar-refractivity contribution is 7.93. The number of hydrogen-bond donors (Lipinski definition) is 2. The topological polar surface area (TPSA) is 83.5 Å². The molecule has 0 unspecified atom stereocenters. The van der Waals surface area contributed by atoms with Crippen molar-refractivity contribution in [1.29, 1.82) is 0 Å². The minimum absolute atomic E-state index is 0.245. The average Bonchev–Trinajstić information content (AvgIpc) is 2.17. The van der Waals surface area contributed by atoms with Gasteiger partial charge < -0.3 is 5.11 Å². The molecule has 0 amide bonds. The van der Waals surface area contributed by atoms with E-state index in [1.165, 1.54) is 4.72 Å². The van der Waals surface area contributed by atoms with Crippen molar-refractivity contribution in [3.05, 3.63) is 29.6 Å². The Bertz CT molecular complexity index is 597. The highest BCUT2D eigenvalue weighted by Gasteiger charge is 2.31. The van der Waals surface area contributed by atoms with Crippen LogP contribution in [0.3, 0.4) is 0 Å². The number of rotatable bonds is 4. The lowest BCUT2D eigenvalue weighted by Crippen LogP contribution is -2.23. The first-order chi connectivity index (χ1) is 8.51. The largest absolute Gasteiger partial charge is 0.480 e. The second-order valence-corrected chi connectivity index (χ2v) is 5.17. The van der Waals surface area contributed by atoms with Crippen molar-refractivity contribution in [2.75, 3.05) is 10.5 Å². The summed E-state index contributed by atoms with van der Waals surface area (Å²) in [5, 5.41) is 8.29. The van der Waals surface area contributed by atoms with E-state index in [0.29, 0.717) is 12.1 Å². The summed E-state index contributed by atoms with van der Waals surface area (Å²) in [5.41, 5.74) is -2.22. The summed E-state index contributed by atoms with van der Waals surface area (Å²) in [6.07, 6.45) is -4.78. The number of hydrogen-bond acceptors (Lipinski definition) is 3. The van der Waals surface area contributed by atoms with Crippen molar-refractivity contribution in [1.82, 2.24) is 0 Å². The Hall–Kier alpha value is -1.84. The summed E-state index contributed by atoms with van der Waals surface area (Å²) < 4.78 is 74.0. The Morgan fingerprint density at radius 3 is 2.37 bits per heavy atom. The van der Waals surface area contributed by atoms with Crippen molar-refractivity contribution < 1.29 is 35.9 Å². The van der Waals surface area contributed by atoms with E-state index in [4.69, 9.17) is 5.11 Å². The number of nitrogens with one attached hydrogen (secondary N) is 1. The van der Waals surface area contributed by atoms with Gasteiger partial charge in [-0.05, 0) is 18.2 Å². The summed E-state index contributed by atoms with van der Waals surface area (Å²) in [5.74, 6) is -4.36. The van der Waals surface area contributed by atoms with Crippen LogP contribution in [-0.4, -0.2) is 25.2 Å². The zero-order valence-corrected chi connectivity index (χ0v) is 9.85. The molecule has 1 aromatic carbocycles. The van der Waals surface area contributed by atoms with Crippen molar-refractivity contribution >= 4 is 21.7 Å². The van der Waals surface area contributed by atoms with E-state index in [0.717, 1.165) is 0 Å². The molecule has 2 N–H and O–H groups in total. The fraction of sp³-hybridized carbons (Fsp3) is 0.222. The Morgan fingerprint density at radius 2 is 1.89 bits per heavy atom. The third-order valence-electron chi connectivity index (χ3n) is 1.87. The molecule has 0 spiro atoms. The second-order valence-electron chi connectivity index (χ2n) is 3.45. The Labute approximate surface area is 104 Å². The quantitative estimate of drug-likeness (QED) is 0.829. The molecule has 1 aromatic rings. The number of carbonyl (C=O) groups is 1. The smallest absolute Gasteiger partial charge is 0.416 e.